The van der Waals surface area contributed by atoms with Crippen molar-refractivity contribution in [2.24, 2.45) is 5.92 Å². The van der Waals surface area contributed by atoms with Gasteiger partial charge in [0.2, 0.25) is 0 Å². The summed E-state index contributed by atoms with van der Waals surface area (Å²) in [6.45, 7) is 7.87. The van der Waals surface area contributed by atoms with Crippen molar-refractivity contribution >= 4 is 17.9 Å². The van der Waals surface area contributed by atoms with Crippen LogP contribution < -0.4 is 4.90 Å². The summed E-state index contributed by atoms with van der Waals surface area (Å²) in [6, 6.07) is 3.35. The molecule has 2 aliphatic rings. The fourth-order valence-electron chi connectivity index (χ4n) is 3.55. The zero-order valence-corrected chi connectivity index (χ0v) is 14.8. The second-order valence-electron chi connectivity index (χ2n) is 7.61. The molecular formula is C17H24N4O4. The van der Waals surface area contributed by atoms with Gasteiger partial charge in [0, 0.05) is 25.7 Å². The van der Waals surface area contributed by atoms with E-state index >= 15 is 0 Å². The van der Waals surface area contributed by atoms with Crippen molar-refractivity contribution in [3.05, 3.63) is 17.8 Å². The highest BCUT2D eigenvalue weighted by molar-refractivity contribution is 5.85. The van der Waals surface area contributed by atoms with Crippen molar-refractivity contribution in [2.45, 2.75) is 45.3 Å². The van der Waals surface area contributed by atoms with Gasteiger partial charge in [-0.2, -0.15) is 0 Å². The Hall–Kier alpha value is -2.38. The Balaban J connectivity index is 1.64. The van der Waals surface area contributed by atoms with Gasteiger partial charge in [-0.3, -0.25) is 0 Å². The van der Waals surface area contributed by atoms with E-state index < -0.39 is 11.6 Å². The zero-order chi connectivity index (χ0) is 18.2. The minimum absolute atomic E-state index is 0.0596. The number of carboxylic acid groups (broad SMARTS) is 1. The smallest absolute Gasteiger partial charge is 0.410 e. The van der Waals surface area contributed by atoms with Gasteiger partial charge in [-0.05, 0) is 51.7 Å². The number of carbonyl (C=O) groups excluding carboxylic acids is 1. The second kappa shape index (κ2) is 6.50. The van der Waals surface area contributed by atoms with Crippen molar-refractivity contribution in [3.8, 4) is 0 Å². The number of fused-ring (bicyclic) bond motifs is 1. The largest absolute Gasteiger partial charge is 0.476 e. The van der Waals surface area contributed by atoms with Gasteiger partial charge in [-0.25, -0.2) is 9.59 Å². The number of nitrogens with zero attached hydrogens (tertiary/aromatic N) is 4. The number of hydrogen-bond acceptors (Lipinski definition) is 6. The van der Waals surface area contributed by atoms with Crippen molar-refractivity contribution in [2.75, 3.05) is 24.5 Å². The molecule has 0 unspecified atom stereocenters. The maximum absolute atomic E-state index is 12.4. The van der Waals surface area contributed by atoms with Crippen LogP contribution in [0.15, 0.2) is 12.1 Å². The number of rotatable bonds is 2. The first-order chi connectivity index (χ1) is 11.7. The van der Waals surface area contributed by atoms with Crippen LogP contribution >= 0.6 is 0 Å². The number of likely N-dealkylation sites (tertiary alicyclic amines) is 1. The minimum Gasteiger partial charge on any atom is -0.476 e. The van der Waals surface area contributed by atoms with Crippen LogP contribution in [0, 0.1) is 5.92 Å². The van der Waals surface area contributed by atoms with Crippen LogP contribution in [0.25, 0.3) is 0 Å². The first-order valence-electron chi connectivity index (χ1n) is 8.56. The van der Waals surface area contributed by atoms with Crippen LogP contribution in [-0.4, -0.2) is 63.5 Å². The van der Waals surface area contributed by atoms with Crippen LogP contribution in [0.2, 0.25) is 0 Å². The first-order valence-corrected chi connectivity index (χ1v) is 8.56. The number of amides is 1. The summed E-state index contributed by atoms with van der Waals surface area (Å²) in [7, 11) is 0. The number of carboxylic acids is 1. The van der Waals surface area contributed by atoms with E-state index in [1.54, 1.807) is 6.07 Å². The minimum atomic E-state index is -1.08. The van der Waals surface area contributed by atoms with Crippen LogP contribution in [0.3, 0.4) is 0 Å². The highest BCUT2D eigenvalue weighted by Crippen LogP contribution is 2.33. The molecule has 1 amide bonds. The molecule has 25 heavy (non-hydrogen) atoms. The van der Waals surface area contributed by atoms with E-state index in [1.807, 2.05) is 25.7 Å². The summed E-state index contributed by atoms with van der Waals surface area (Å²) in [5.74, 6) is -0.0389. The standard InChI is InChI=1S/C17H24N4O4/c1-17(2,3)25-16(24)21-9-6-11-10-20(8-7-13(11)21)14-5-4-12(15(22)23)18-19-14/h4-5,11,13H,6-10H2,1-3H3,(H,22,23)/t11-,13+/m0/s1. The molecule has 0 saturated carbocycles. The summed E-state index contributed by atoms with van der Waals surface area (Å²) in [6.07, 6.45) is 1.53. The number of anilines is 1. The highest BCUT2D eigenvalue weighted by atomic mass is 16.6. The molecule has 1 aromatic rings. The van der Waals surface area contributed by atoms with E-state index in [0.717, 1.165) is 25.9 Å². The fourth-order valence-corrected chi connectivity index (χ4v) is 3.55. The highest BCUT2D eigenvalue weighted by Gasteiger charge is 2.42. The topological polar surface area (TPSA) is 95.9 Å². The van der Waals surface area contributed by atoms with E-state index in [2.05, 4.69) is 15.1 Å². The van der Waals surface area contributed by atoms with Crippen LogP contribution in [0.4, 0.5) is 10.6 Å². The number of aromatic nitrogens is 2. The molecule has 1 aromatic heterocycles. The maximum Gasteiger partial charge on any atom is 0.410 e. The molecule has 0 aromatic carbocycles. The summed E-state index contributed by atoms with van der Waals surface area (Å²) in [4.78, 5) is 27.2. The Morgan fingerprint density at radius 3 is 2.56 bits per heavy atom. The van der Waals surface area contributed by atoms with Crippen LogP contribution in [0.5, 0.6) is 0 Å². The average molecular weight is 348 g/mol. The van der Waals surface area contributed by atoms with Crippen molar-refractivity contribution < 1.29 is 19.4 Å². The SMILES string of the molecule is CC(C)(C)OC(=O)N1CC[C@H]2CN(c3ccc(C(=O)O)nn3)CC[C@H]21. The van der Waals surface area contributed by atoms with Gasteiger partial charge < -0.3 is 19.6 Å². The molecule has 8 heteroatoms. The molecule has 2 saturated heterocycles. The molecule has 0 spiro atoms. The summed E-state index contributed by atoms with van der Waals surface area (Å²) >= 11 is 0. The Kier molecular flexibility index (Phi) is 4.53. The number of aromatic carboxylic acids is 1. The van der Waals surface area contributed by atoms with Gasteiger partial charge in [0.25, 0.3) is 0 Å². The molecule has 2 fully saturated rings. The lowest BCUT2D eigenvalue weighted by Crippen LogP contribution is -2.49. The van der Waals surface area contributed by atoms with Gasteiger partial charge in [-0.15, -0.1) is 10.2 Å². The third kappa shape index (κ3) is 3.83. The Bertz CT molecular complexity index is 656. The normalized spacial score (nSPS) is 23.3. The summed E-state index contributed by atoms with van der Waals surface area (Å²) < 4.78 is 5.51. The third-order valence-corrected chi connectivity index (χ3v) is 4.66. The van der Waals surface area contributed by atoms with Gasteiger partial charge in [0.1, 0.15) is 5.60 Å². The molecule has 0 radical (unpaired) electrons. The van der Waals surface area contributed by atoms with Gasteiger partial charge >= 0.3 is 12.1 Å². The molecule has 1 N–H and O–H groups in total. The van der Waals surface area contributed by atoms with Crippen molar-refractivity contribution in [3.63, 3.8) is 0 Å². The Morgan fingerprint density at radius 1 is 1.20 bits per heavy atom. The molecule has 3 rings (SSSR count). The number of ether oxygens (including phenoxy) is 1. The lowest BCUT2D eigenvalue weighted by molar-refractivity contribution is 0.0194. The lowest BCUT2D eigenvalue weighted by Gasteiger charge is -2.38. The summed E-state index contributed by atoms with van der Waals surface area (Å²) in [5, 5.41) is 16.7. The van der Waals surface area contributed by atoms with E-state index in [1.165, 1.54) is 6.07 Å². The number of carbonyl (C=O) groups is 2. The van der Waals surface area contributed by atoms with Crippen LogP contribution in [-0.2, 0) is 4.74 Å². The molecular weight excluding hydrogens is 324 g/mol. The predicted octanol–water partition coefficient (Wildman–Crippen LogP) is 2.01. The number of hydrogen-bond donors (Lipinski definition) is 1. The summed E-state index contributed by atoms with van der Waals surface area (Å²) in [5.41, 5.74) is -0.548. The number of piperidine rings is 1. The molecule has 2 atom stereocenters. The lowest BCUT2D eigenvalue weighted by atomic mass is 9.93. The third-order valence-electron chi connectivity index (χ3n) is 4.66. The van der Waals surface area contributed by atoms with Crippen LogP contribution in [0.1, 0.15) is 44.1 Å². The monoisotopic (exact) mass is 348 g/mol. The predicted molar refractivity (Wildman–Crippen MR) is 90.7 cm³/mol. The molecule has 3 heterocycles. The van der Waals surface area contributed by atoms with Gasteiger partial charge in [0.05, 0.1) is 0 Å². The Morgan fingerprint density at radius 2 is 1.96 bits per heavy atom. The molecule has 136 valence electrons. The van der Waals surface area contributed by atoms with Gasteiger partial charge in [-0.1, -0.05) is 0 Å². The van der Waals surface area contributed by atoms with E-state index in [4.69, 9.17) is 9.84 Å². The Labute approximate surface area is 146 Å². The van der Waals surface area contributed by atoms with E-state index in [-0.39, 0.29) is 17.8 Å². The quantitative estimate of drug-likeness (QED) is 0.873. The molecule has 0 aliphatic carbocycles. The molecule has 8 nitrogen and oxygen atoms in total. The molecule has 2 aliphatic heterocycles. The van der Waals surface area contributed by atoms with Gasteiger partial charge in [0.15, 0.2) is 11.5 Å². The van der Waals surface area contributed by atoms with Crippen molar-refractivity contribution in [1.82, 2.24) is 15.1 Å². The zero-order valence-electron chi connectivity index (χ0n) is 14.8. The van der Waals surface area contributed by atoms with E-state index in [9.17, 15) is 9.59 Å². The van der Waals surface area contributed by atoms with E-state index in [0.29, 0.717) is 18.3 Å². The fraction of sp³-hybridized carbons (Fsp3) is 0.647. The average Bonchev–Trinajstić information content (AvgIpc) is 2.96. The van der Waals surface area contributed by atoms with Crippen molar-refractivity contribution in [1.29, 1.82) is 0 Å². The maximum atomic E-state index is 12.4. The first kappa shape index (κ1) is 17.4. The molecule has 0 bridgehead atoms. The second-order valence-corrected chi connectivity index (χ2v) is 7.61.